The van der Waals surface area contributed by atoms with Crippen molar-refractivity contribution in [2.75, 3.05) is 14.2 Å². The second-order valence-electron chi connectivity index (χ2n) is 6.36. The van der Waals surface area contributed by atoms with Gasteiger partial charge in [0, 0.05) is 36.1 Å². The number of hydrogen-bond acceptors (Lipinski definition) is 4. The van der Waals surface area contributed by atoms with Gasteiger partial charge in [0.25, 0.3) is 5.91 Å². The zero-order valence-corrected chi connectivity index (χ0v) is 17.3. The Balaban J connectivity index is 1.76. The molecule has 0 bridgehead atoms. The first-order valence-electron chi connectivity index (χ1n) is 8.46. The van der Waals surface area contributed by atoms with Crippen LogP contribution < -0.4 is 4.74 Å². The van der Waals surface area contributed by atoms with Gasteiger partial charge in [-0.25, -0.2) is 4.68 Å². The summed E-state index contributed by atoms with van der Waals surface area (Å²) in [4.78, 5) is 18.9. The first-order valence-corrected chi connectivity index (χ1v) is 9.25. The molecule has 3 rings (SSSR count). The number of aryl methyl sites for hydroxylation is 1. The molecule has 0 aliphatic carbocycles. The van der Waals surface area contributed by atoms with Crippen LogP contribution in [0.3, 0.4) is 0 Å². The minimum absolute atomic E-state index is 0.0658. The number of aromatic nitrogens is 3. The quantitative estimate of drug-likeness (QED) is 0.617. The summed E-state index contributed by atoms with van der Waals surface area (Å²) >= 11 is 3.38. The molecule has 3 aromatic rings. The summed E-state index contributed by atoms with van der Waals surface area (Å²) in [5.41, 5.74) is 4.27. The van der Waals surface area contributed by atoms with Crippen LogP contribution >= 0.6 is 15.9 Å². The molecule has 7 heteroatoms. The van der Waals surface area contributed by atoms with E-state index in [9.17, 15) is 4.79 Å². The number of ether oxygens (including phenoxy) is 1. The number of hydrogen-bond donors (Lipinski definition) is 0. The molecule has 0 radical (unpaired) electrons. The molecule has 140 valence electrons. The lowest BCUT2D eigenvalue weighted by atomic mass is 10.1. The number of halogens is 1. The molecule has 0 N–H and O–H groups in total. The zero-order valence-electron chi connectivity index (χ0n) is 15.7. The molecular formula is C20H21BrN4O2. The molecule has 0 spiro atoms. The van der Waals surface area contributed by atoms with Crippen molar-refractivity contribution < 1.29 is 9.53 Å². The lowest BCUT2D eigenvalue weighted by Crippen LogP contribution is -2.27. The Morgan fingerprint density at radius 3 is 2.52 bits per heavy atom. The maximum atomic E-state index is 12.8. The Morgan fingerprint density at radius 2 is 1.93 bits per heavy atom. The Morgan fingerprint density at radius 1 is 1.22 bits per heavy atom. The summed E-state index contributed by atoms with van der Waals surface area (Å²) in [6.45, 7) is 4.33. The van der Waals surface area contributed by atoms with Crippen molar-refractivity contribution >= 4 is 21.8 Å². The molecule has 0 aliphatic rings. The van der Waals surface area contributed by atoms with Gasteiger partial charge in [0.15, 0.2) is 0 Å². The predicted octanol–water partition coefficient (Wildman–Crippen LogP) is 3.93. The highest BCUT2D eigenvalue weighted by Gasteiger charge is 2.16. The highest BCUT2D eigenvalue weighted by atomic mass is 79.9. The summed E-state index contributed by atoms with van der Waals surface area (Å²) in [5, 5.41) is 4.24. The minimum atomic E-state index is -0.0658. The van der Waals surface area contributed by atoms with E-state index in [2.05, 4.69) is 26.0 Å². The largest absolute Gasteiger partial charge is 0.496 e. The molecule has 0 saturated heterocycles. The van der Waals surface area contributed by atoms with Crippen molar-refractivity contribution in [3.63, 3.8) is 0 Å². The fourth-order valence-electron chi connectivity index (χ4n) is 2.95. The molecule has 1 amide bonds. The molecule has 0 fully saturated rings. The van der Waals surface area contributed by atoms with Crippen molar-refractivity contribution in [3.05, 3.63) is 69.7 Å². The molecule has 0 atom stereocenters. The van der Waals surface area contributed by atoms with Crippen LogP contribution in [0, 0.1) is 13.8 Å². The van der Waals surface area contributed by atoms with E-state index in [1.54, 1.807) is 48.3 Å². The van der Waals surface area contributed by atoms with Gasteiger partial charge >= 0.3 is 0 Å². The van der Waals surface area contributed by atoms with Gasteiger partial charge in [-0.1, -0.05) is 0 Å². The van der Waals surface area contributed by atoms with E-state index in [1.165, 1.54) is 0 Å². The first kappa shape index (κ1) is 19.1. The van der Waals surface area contributed by atoms with E-state index in [4.69, 9.17) is 4.74 Å². The van der Waals surface area contributed by atoms with Crippen LogP contribution in [0.1, 0.15) is 27.2 Å². The average molecular weight is 429 g/mol. The summed E-state index contributed by atoms with van der Waals surface area (Å²) in [6, 6.07) is 7.36. The van der Waals surface area contributed by atoms with E-state index in [1.807, 2.05) is 32.2 Å². The van der Waals surface area contributed by atoms with Gasteiger partial charge in [-0.05, 0) is 54.0 Å². The summed E-state index contributed by atoms with van der Waals surface area (Å²) < 4.78 is 8.09. The molecule has 0 unspecified atom stereocenters. The van der Waals surface area contributed by atoms with Crippen molar-refractivity contribution in [1.29, 1.82) is 0 Å². The lowest BCUT2D eigenvalue weighted by molar-refractivity contribution is 0.0783. The standard InChI is InChI=1S/C20H21BrN4O2/c1-13-9-22-18(14(2)19(13)27-4)12-24(3)20(26)15-5-7-17(8-6-15)25-11-16(21)10-23-25/h5-11H,12H2,1-4H3. The van der Waals surface area contributed by atoms with E-state index < -0.39 is 0 Å². The second kappa shape index (κ2) is 7.92. The third-order valence-corrected chi connectivity index (χ3v) is 4.82. The van der Waals surface area contributed by atoms with Crippen molar-refractivity contribution in [2.24, 2.45) is 0 Å². The number of carbonyl (C=O) groups excluding carboxylic acids is 1. The lowest BCUT2D eigenvalue weighted by Gasteiger charge is -2.19. The molecule has 0 aliphatic heterocycles. The third-order valence-electron chi connectivity index (χ3n) is 4.41. The van der Waals surface area contributed by atoms with Gasteiger partial charge < -0.3 is 9.64 Å². The van der Waals surface area contributed by atoms with E-state index in [-0.39, 0.29) is 5.91 Å². The zero-order chi connectivity index (χ0) is 19.6. The van der Waals surface area contributed by atoms with E-state index >= 15 is 0 Å². The van der Waals surface area contributed by atoms with Gasteiger partial charge in [0.1, 0.15) is 5.75 Å². The van der Waals surface area contributed by atoms with Crippen LogP contribution in [0.15, 0.2) is 47.3 Å². The van der Waals surface area contributed by atoms with Crippen LogP contribution in [0.5, 0.6) is 5.75 Å². The Kier molecular flexibility index (Phi) is 5.60. The van der Waals surface area contributed by atoms with Gasteiger partial charge in [-0.2, -0.15) is 5.10 Å². The molecule has 1 aromatic carbocycles. The maximum Gasteiger partial charge on any atom is 0.253 e. The van der Waals surface area contributed by atoms with Gasteiger partial charge in [0.05, 0.1) is 35.7 Å². The Hall–Kier alpha value is -2.67. The number of amides is 1. The minimum Gasteiger partial charge on any atom is -0.496 e. The van der Waals surface area contributed by atoms with Crippen LogP contribution in [-0.4, -0.2) is 39.7 Å². The molecule has 2 aromatic heterocycles. The monoisotopic (exact) mass is 428 g/mol. The van der Waals surface area contributed by atoms with Crippen molar-refractivity contribution in [3.8, 4) is 11.4 Å². The Labute approximate surface area is 166 Å². The van der Waals surface area contributed by atoms with Gasteiger partial charge in [-0.15, -0.1) is 0 Å². The fourth-order valence-corrected chi connectivity index (χ4v) is 3.23. The van der Waals surface area contributed by atoms with Crippen LogP contribution in [0.2, 0.25) is 0 Å². The highest BCUT2D eigenvalue weighted by Crippen LogP contribution is 2.25. The fraction of sp³-hybridized carbons (Fsp3) is 0.250. The second-order valence-corrected chi connectivity index (χ2v) is 7.27. The van der Waals surface area contributed by atoms with E-state index in [0.29, 0.717) is 12.1 Å². The highest BCUT2D eigenvalue weighted by molar-refractivity contribution is 9.10. The van der Waals surface area contributed by atoms with Crippen LogP contribution in [0.25, 0.3) is 5.69 Å². The summed E-state index contributed by atoms with van der Waals surface area (Å²) in [6.07, 6.45) is 5.36. The SMILES string of the molecule is COc1c(C)cnc(CN(C)C(=O)c2ccc(-n3cc(Br)cn3)cc2)c1C. The first-order chi connectivity index (χ1) is 12.9. The average Bonchev–Trinajstić information content (AvgIpc) is 3.10. The Bertz CT molecular complexity index is 967. The molecule has 27 heavy (non-hydrogen) atoms. The summed E-state index contributed by atoms with van der Waals surface area (Å²) in [5.74, 6) is 0.750. The van der Waals surface area contributed by atoms with Crippen molar-refractivity contribution in [1.82, 2.24) is 19.7 Å². The number of pyridine rings is 1. The molecular weight excluding hydrogens is 408 g/mol. The third kappa shape index (κ3) is 4.03. The van der Waals surface area contributed by atoms with Crippen molar-refractivity contribution in [2.45, 2.75) is 20.4 Å². The number of benzene rings is 1. The summed E-state index contributed by atoms with van der Waals surface area (Å²) in [7, 11) is 3.42. The van der Waals surface area contributed by atoms with Gasteiger partial charge in [0.2, 0.25) is 0 Å². The van der Waals surface area contributed by atoms with Crippen LogP contribution in [-0.2, 0) is 6.54 Å². The topological polar surface area (TPSA) is 60.2 Å². The number of rotatable bonds is 5. The normalized spacial score (nSPS) is 10.7. The smallest absolute Gasteiger partial charge is 0.253 e. The number of methoxy groups -OCH3 is 1. The van der Waals surface area contributed by atoms with Gasteiger partial charge in [-0.3, -0.25) is 9.78 Å². The molecule has 0 saturated carbocycles. The maximum absolute atomic E-state index is 12.8. The van der Waals surface area contributed by atoms with Crippen LogP contribution in [0.4, 0.5) is 0 Å². The molecule has 2 heterocycles. The number of carbonyl (C=O) groups is 1. The van der Waals surface area contributed by atoms with E-state index in [0.717, 1.165) is 32.7 Å². The number of nitrogens with zero attached hydrogens (tertiary/aromatic N) is 4. The molecule has 6 nitrogen and oxygen atoms in total. The predicted molar refractivity (Wildman–Crippen MR) is 107 cm³/mol.